The molecule has 1 fully saturated rings. The Kier molecular flexibility index (Phi) is 2.87. The molecule has 2 aromatic rings. The second kappa shape index (κ2) is 4.46. The van der Waals surface area contributed by atoms with Crippen LogP contribution in [-0.2, 0) is 10.0 Å². The normalized spacial score (nSPS) is 15.0. The molecule has 1 heterocycles. The summed E-state index contributed by atoms with van der Waals surface area (Å²) < 4.78 is 25.2. The standard InChI is InChI=1S/C14H13N3O2S/c1-10-2-3-11(7-15)6-14(10)12-8-16-17(9-12)20(18,19)13-4-5-13/h2-3,6,8-9,13H,4-5H2,1H3. The summed E-state index contributed by atoms with van der Waals surface area (Å²) >= 11 is 0. The number of benzene rings is 1. The second-order valence-electron chi connectivity index (χ2n) is 4.99. The third-order valence-electron chi connectivity index (χ3n) is 3.44. The maximum Gasteiger partial charge on any atom is 0.256 e. The summed E-state index contributed by atoms with van der Waals surface area (Å²) in [6.07, 6.45) is 4.47. The van der Waals surface area contributed by atoms with Crippen LogP contribution >= 0.6 is 0 Å². The molecule has 1 aromatic carbocycles. The molecule has 20 heavy (non-hydrogen) atoms. The van der Waals surface area contributed by atoms with Crippen LogP contribution in [-0.4, -0.2) is 22.9 Å². The Balaban J connectivity index is 2.05. The average molecular weight is 287 g/mol. The molecule has 0 spiro atoms. The third kappa shape index (κ3) is 2.10. The number of nitrogens with zero attached hydrogens (tertiary/aromatic N) is 3. The molecule has 1 aliphatic carbocycles. The van der Waals surface area contributed by atoms with E-state index in [9.17, 15) is 8.42 Å². The van der Waals surface area contributed by atoms with Crippen LogP contribution in [0.15, 0.2) is 30.6 Å². The van der Waals surface area contributed by atoms with Gasteiger partial charge in [0.15, 0.2) is 0 Å². The van der Waals surface area contributed by atoms with Crippen molar-refractivity contribution in [3.8, 4) is 17.2 Å². The molecular formula is C14H13N3O2S. The highest BCUT2D eigenvalue weighted by Crippen LogP contribution is 2.31. The van der Waals surface area contributed by atoms with Crippen LogP contribution in [0.3, 0.4) is 0 Å². The van der Waals surface area contributed by atoms with Crippen molar-refractivity contribution in [2.24, 2.45) is 0 Å². The van der Waals surface area contributed by atoms with E-state index in [0.717, 1.165) is 15.2 Å². The summed E-state index contributed by atoms with van der Waals surface area (Å²) in [4.78, 5) is 0. The molecule has 0 unspecified atom stereocenters. The van der Waals surface area contributed by atoms with Gasteiger partial charge < -0.3 is 0 Å². The van der Waals surface area contributed by atoms with Gasteiger partial charge in [-0.1, -0.05) is 6.07 Å². The highest BCUT2D eigenvalue weighted by atomic mass is 32.2. The fraction of sp³-hybridized carbons (Fsp3) is 0.286. The van der Waals surface area contributed by atoms with E-state index in [2.05, 4.69) is 11.2 Å². The number of aromatic nitrogens is 2. The number of nitriles is 1. The fourth-order valence-electron chi connectivity index (χ4n) is 2.10. The predicted molar refractivity (Wildman–Crippen MR) is 74.5 cm³/mol. The summed E-state index contributed by atoms with van der Waals surface area (Å²) in [6.45, 7) is 1.92. The quantitative estimate of drug-likeness (QED) is 0.866. The van der Waals surface area contributed by atoms with Crippen molar-refractivity contribution >= 4 is 10.0 Å². The molecule has 1 saturated carbocycles. The largest absolute Gasteiger partial charge is 0.256 e. The van der Waals surface area contributed by atoms with E-state index in [0.29, 0.717) is 24.0 Å². The van der Waals surface area contributed by atoms with E-state index < -0.39 is 10.0 Å². The molecule has 102 valence electrons. The van der Waals surface area contributed by atoms with Crippen LogP contribution in [0, 0.1) is 18.3 Å². The number of aryl methyl sites for hydroxylation is 1. The van der Waals surface area contributed by atoms with E-state index in [1.54, 1.807) is 12.1 Å². The molecule has 0 N–H and O–H groups in total. The van der Waals surface area contributed by atoms with Crippen LogP contribution in [0.2, 0.25) is 0 Å². The first kappa shape index (κ1) is 12.9. The Labute approximate surface area is 117 Å². The molecule has 0 atom stereocenters. The van der Waals surface area contributed by atoms with E-state index in [4.69, 9.17) is 5.26 Å². The minimum Gasteiger partial charge on any atom is -0.204 e. The highest BCUT2D eigenvalue weighted by Gasteiger charge is 2.37. The molecule has 1 aromatic heterocycles. The third-order valence-corrected chi connectivity index (χ3v) is 5.48. The van der Waals surface area contributed by atoms with Crippen molar-refractivity contribution < 1.29 is 8.42 Å². The van der Waals surface area contributed by atoms with Gasteiger partial charge in [0.25, 0.3) is 10.0 Å². The first-order valence-corrected chi connectivity index (χ1v) is 7.83. The monoisotopic (exact) mass is 287 g/mol. The summed E-state index contributed by atoms with van der Waals surface area (Å²) in [5.41, 5.74) is 3.07. The first-order valence-electron chi connectivity index (χ1n) is 6.32. The van der Waals surface area contributed by atoms with Gasteiger partial charge in [0, 0.05) is 5.56 Å². The number of hydrogen-bond acceptors (Lipinski definition) is 4. The van der Waals surface area contributed by atoms with Crippen molar-refractivity contribution in [3.05, 3.63) is 41.7 Å². The van der Waals surface area contributed by atoms with E-state index in [1.807, 2.05) is 13.0 Å². The molecule has 6 heteroatoms. The molecule has 0 radical (unpaired) electrons. The van der Waals surface area contributed by atoms with Crippen molar-refractivity contribution in [3.63, 3.8) is 0 Å². The van der Waals surface area contributed by atoms with Crippen LogP contribution in [0.1, 0.15) is 24.0 Å². The van der Waals surface area contributed by atoms with Gasteiger partial charge in [-0.3, -0.25) is 0 Å². The lowest BCUT2D eigenvalue weighted by Gasteiger charge is -2.03. The van der Waals surface area contributed by atoms with Crippen molar-refractivity contribution in [2.75, 3.05) is 0 Å². The molecule has 1 aliphatic rings. The van der Waals surface area contributed by atoms with Gasteiger partial charge >= 0.3 is 0 Å². The van der Waals surface area contributed by atoms with Gasteiger partial charge in [0.2, 0.25) is 0 Å². The van der Waals surface area contributed by atoms with Crippen LogP contribution in [0.5, 0.6) is 0 Å². The lowest BCUT2D eigenvalue weighted by Crippen LogP contribution is -2.17. The van der Waals surface area contributed by atoms with Crippen molar-refractivity contribution in [2.45, 2.75) is 25.0 Å². The zero-order valence-corrected chi connectivity index (χ0v) is 11.8. The second-order valence-corrected chi connectivity index (χ2v) is 7.06. The minimum atomic E-state index is -3.34. The molecule has 0 amide bonds. The highest BCUT2D eigenvalue weighted by molar-refractivity contribution is 7.90. The maximum atomic E-state index is 12.1. The smallest absolute Gasteiger partial charge is 0.204 e. The molecule has 5 nitrogen and oxygen atoms in total. The van der Waals surface area contributed by atoms with E-state index >= 15 is 0 Å². The van der Waals surface area contributed by atoms with E-state index in [1.165, 1.54) is 12.4 Å². The summed E-state index contributed by atoms with van der Waals surface area (Å²) in [7, 11) is -3.34. The lowest BCUT2D eigenvalue weighted by atomic mass is 10.0. The lowest BCUT2D eigenvalue weighted by molar-refractivity contribution is 0.578. The average Bonchev–Trinajstić information content (AvgIpc) is 3.18. The van der Waals surface area contributed by atoms with Gasteiger partial charge in [-0.25, -0.2) is 8.42 Å². The maximum absolute atomic E-state index is 12.1. The zero-order valence-electron chi connectivity index (χ0n) is 10.9. The summed E-state index contributed by atoms with van der Waals surface area (Å²) in [6, 6.07) is 7.42. The first-order chi connectivity index (χ1) is 9.52. The van der Waals surface area contributed by atoms with E-state index in [-0.39, 0.29) is 5.25 Å². The number of rotatable bonds is 3. The topological polar surface area (TPSA) is 75.8 Å². The van der Waals surface area contributed by atoms with Gasteiger partial charge in [-0.2, -0.15) is 14.4 Å². The van der Waals surface area contributed by atoms with Crippen LogP contribution in [0.25, 0.3) is 11.1 Å². The van der Waals surface area contributed by atoms with Gasteiger partial charge in [0.05, 0.1) is 29.3 Å². The SMILES string of the molecule is Cc1ccc(C#N)cc1-c1cnn(S(=O)(=O)C2CC2)c1. The Morgan fingerprint density at radius 2 is 2.15 bits per heavy atom. The van der Waals surface area contributed by atoms with Gasteiger partial charge in [0.1, 0.15) is 0 Å². The number of hydrogen-bond donors (Lipinski definition) is 0. The zero-order chi connectivity index (χ0) is 14.3. The molecule has 0 saturated heterocycles. The summed E-state index contributed by atoms with van der Waals surface area (Å²) in [5, 5.41) is 12.6. The van der Waals surface area contributed by atoms with Crippen molar-refractivity contribution in [1.29, 1.82) is 5.26 Å². The van der Waals surface area contributed by atoms with Crippen LogP contribution in [0.4, 0.5) is 0 Å². The van der Waals surface area contributed by atoms with Crippen molar-refractivity contribution in [1.82, 2.24) is 9.19 Å². The Morgan fingerprint density at radius 3 is 2.80 bits per heavy atom. The Morgan fingerprint density at radius 1 is 1.40 bits per heavy atom. The molecular weight excluding hydrogens is 274 g/mol. The summed E-state index contributed by atoms with van der Waals surface area (Å²) in [5.74, 6) is 0. The molecule has 0 bridgehead atoms. The molecule has 3 rings (SSSR count). The predicted octanol–water partition coefficient (Wildman–Crippen LogP) is 2.07. The van der Waals surface area contributed by atoms with Gasteiger partial charge in [-0.15, -0.1) is 0 Å². The van der Waals surface area contributed by atoms with Crippen LogP contribution < -0.4 is 0 Å². The van der Waals surface area contributed by atoms with Gasteiger partial charge in [-0.05, 0) is 43.0 Å². The fourth-order valence-corrected chi connectivity index (χ4v) is 3.58. The Hall–Kier alpha value is -2.13. The Bertz CT molecular complexity index is 811. The molecule has 0 aliphatic heterocycles. The minimum absolute atomic E-state index is 0.290.